The summed E-state index contributed by atoms with van der Waals surface area (Å²) in [5, 5.41) is 12.9. The molecule has 100 valence electrons. The van der Waals surface area contributed by atoms with E-state index in [0.29, 0.717) is 6.04 Å². The standard InChI is InChI=1S/C16H21N3/c1-12-16-9-18-8-15(16)11-19(12)10-14(7-17)13-5-3-2-4-6-13/h2-6,12,14-16,18H,8-11H2,1H3. The molecule has 0 aliphatic carbocycles. The molecule has 0 amide bonds. The van der Waals surface area contributed by atoms with Gasteiger partial charge < -0.3 is 5.32 Å². The summed E-state index contributed by atoms with van der Waals surface area (Å²) in [6.07, 6.45) is 0. The average Bonchev–Trinajstić information content (AvgIpc) is 3.01. The highest BCUT2D eigenvalue weighted by Crippen LogP contribution is 2.33. The van der Waals surface area contributed by atoms with Crippen molar-refractivity contribution < 1.29 is 0 Å². The number of nitriles is 1. The number of hydrogen-bond acceptors (Lipinski definition) is 3. The lowest BCUT2D eigenvalue weighted by molar-refractivity contribution is 0.235. The number of hydrogen-bond donors (Lipinski definition) is 1. The Morgan fingerprint density at radius 1 is 1.37 bits per heavy atom. The van der Waals surface area contributed by atoms with Crippen LogP contribution in [0.25, 0.3) is 0 Å². The maximum Gasteiger partial charge on any atom is 0.0839 e. The second kappa shape index (κ2) is 5.32. The van der Waals surface area contributed by atoms with Crippen LogP contribution in [-0.4, -0.2) is 37.1 Å². The summed E-state index contributed by atoms with van der Waals surface area (Å²) < 4.78 is 0. The minimum absolute atomic E-state index is 0.00423. The zero-order valence-electron chi connectivity index (χ0n) is 11.4. The Morgan fingerprint density at radius 2 is 2.16 bits per heavy atom. The first-order valence-electron chi connectivity index (χ1n) is 7.19. The van der Waals surface area contributed by atoms with Crippen molar-refractivity contribution in [1.82, 2.24) is 10.2 Å². The highest BCUT2D eigenvalue weighted by Gasteiger charge is 2.42. The van der Waals surface area contributed by atoms with E-state index in [1.54, 1.807) is 0 Å². The van der Waals surface area contributed by atoms with Gasteiger partial charge in [0.2, 0.25) is 0 Å². The van der Waals surface area contributed by atoms with Crippen LogP contribution >= 0.6 is 0 Å². The van der Waals surface area contributed by atoms with Gasteiger partial charge in [0.1, 0.15) is 0 Å². The number of nitrogens with zero attached hydrogens (tertiary/aromatic N) is 2. The lowest BCUT2D eigenvalue weighted by Crippen LogP contribution is -2.36. The molecule has 2 saturated heterocycles. The van der Waals surface area contributed by atoms with Gasteiger partial charge in [-0.3, -0.25) is 4.90 Å². The van der Waals surface area contributed by atoms with Crippen molar-refractivity contribution >= 4 is 0 Å². The molecule has 0 bridgehead atoms. The van der Waals surface area contributed by atoms with Crippen molar-refractivity contribution in [2.24, 2.45) is 11.8 Å². The van der Waals surface area contributed by atoms with E-state index < -0.39 is 0 Å². The molecule has 0 saturated carbocycles. The Labute approximate surface area is 115 Å². The molecule has 19 heavy (non-hydrogen) atoms. The van der Waals surface area contributed by atoms with Crippen LogP contribution in [0.5, 0.6) is 0 Å². The zero-order chi connectivity index (χ0) is 13.2. The first-order valence-corrected chi connectivity index (χ1v) is 7.19. The molecule has 3 rings (SSSR count). The molecule has 1 aromatic carbocycles. The molecule has 3 heteroatoms. The van der Waals surface area contributed by atoms with E-state index in [2.05, 4.69) is 35.3 Å². The van der Waals surface area contributed by atoms with Gasteiger partial charge in [0.15, 0.2) is 0 Å². The molecule has 0 aromatic heterocycles. The summed E-state index contributed by atoms with van der Waals surface area (Å²) in [5.74, 6) is 1.55. The van der Waals surface area contributed by atoms with Gasteiger partial charge in [0.25, 0.3) is 0 Å². The predicted octanol–water partition coefficient (Wildman–Crippen LogP) is 1.83. The quantitative estimate of drug-likeness (QED) is 0.895. The molecule has 0 spiro atoms. The van der Waals surface area contributed by atoms with Crippen LogP contribution in [0.15, 0.2) is 30.3 Å². The Bertz CT molecular complexity index is 465. The van der Waals surface area contributed by atoms with E-state index in [1.807, 2.05) is 18.2 Å². The Hall–Kier alpha value is -1.37. The third kappa shape index (κ3) is 2.39. The van der Waals surface area contributed by atoms with Gasteiger partial charge in [0.05, 0.1) is 12.0 Å². The third-order valence-electron chi connectivity index (χ3n) is 4.83. The molecule has 1 aromatic rings. The van der Waals surface area contributed by atoms with E-state index in [0.717, 1.165) is 43.6 Å². The van der Waals surface area contributed by atoms with Crippen molar-refractivity contribution in [3.8, 4) is 6.07 Å². The van der Waals surface area contributed by atoms with Gasteiger partial charge in [-0.25, -0.2) is 0 Å². The number of fused-ring (bicyclic) bond motifs is 1. The highest BCUT2D eigenvalue weighted by molar-refractivity contribution is 5.25. The number of benzene rings is 1. The summed E-state index contributed by atoms with van der Waals surface area (Å²) in [6, 6.07) is 13.2. The van der Waals surface area contributed by atoms with Crippen LogP contribution in [0.2, 0.25) is 0 Å². The van der Waals surface area contributed by atoms with E-state index in [9.17, 15) is 5.26 Å². The molecule has 3 nitrogen and oxygen atoms in total. The molecular weight excluding hydrogens is 234 g/mol. The van der Waals surface area contributed by atoms with Crippen molar-refractivity contribution in [3.63, 3.8) is 0 Å². The summed E-state index contributed by atoms with van der Waals surface area (Å²) in [5.41, 5.74) is 1.15. The Balaban J connectivity index is 1.69. The summed E-state index contributed by atoms with van der Waals surface area (Å²) in [6.45, 7) is 6.62. The molecule has 2 aliphatic heterocycles. The SMILES string of the molecule is CC1C2CNCC2CN1CC(C#N)c1ccccc1. The molecule has 4 unspecified atom stereocenters. The molecule has 1 N–H and O–H groups in total. The van der Waals surface area contributed by atoms with Crippen LogP contribution < -0.4 is 5.32 Å². The number of nitrogens with one attached hydrogen (secondary N) is 1. The van der Waals surface area contributed by atoms with Gasteiger partial charge in [0, 0.05) is 19.1 Å². The van der Waals surface area contributed by atoms with Crippen molar-refractivity contribution in [3.05, 3.63) is 35.9 Å². The van der Waals surface area contributed by atoms with Gasteiger partial charge in [-0.2, -0.15) is 5.26 Å². The smallest absolute Gasteiger partial charge is 0.0839 e. The maximum absolute atomic E-state index is 9.44. The Morgan fingerprint density at radius 3 is 2.84 bits per heavy atom. The van der Waals surface area contributed by atoms with Crippen LogP contribution in [-0.2, 0) is 0 Å². The van der Waals surface area contributed by atoms with Crippen molar-refractivity contribution in [2.45, 2.75) is 18.9 Å². The number of rotatable bonds is 3. The van der Waals surface area contributed by atoms with Gasteiger partial charge >= 0.3 is 0 Å². The fourth-order valence-electron chi connectivity index (χ4n) is 3.64. The third-order valence-corrected chi connectivity index (χ3v) is 4.83. The second-order valence-corrected chi connectivity index (χ2v) is 5.87. The Kier molecular flexibility index (Phi) is 3.54. The minimum atomic E-state index is -0.00423. The van der Waals surface area contributed by atoms with Gasteiger partial charge in [-0.1, -0.05) is 30.3 Å². The maximum atomic E-state index is 9.44. The minimum Gasteiger partial charge on any atom is -0.316 e. The topological polar surface area (TPSA) is 39.1 Å². The summed E-state index contributed by atoms with van der Waals surface area (Å²) in [7, 11) is 0. The molecule has 2 aliphatic rings. The largest absolute Gasteiger partial charge is 0.316 e. The number of likely N-dealkylation sites (tertiary alicyclic amines) is 1. The fraction of sp³-hybridized carbons (Fsp3) is 0.562. The van der Waals surface area contributed by atoms with Crippen molar-refractivity contribution in [2.75, 3.05) is 26.2 Å². The summed E-state index contributed by atoms with van der Waals surface area (Å²) >= 11 is 0. The van der Waals surface area contributed by atoms with Gasteiger partial charge in [-0.05, 0) is 37.4 Å². The zero-order valence-corrected chi connectivity index (χ0v) is 11.4. The fourth-order valence-corrected chi connectivity index (χ4v) is 3.64. The van der Waals surface area contributed by atoms with E-state index in [1.165, 1.54) is 0 Å². The van der Waals surface area contributed by atoms with Crippen LogP contribution in [0, 0.1) is 23.2 Å². The average molecular weight is 255 g/mol. The molecule has 0 radical (unpaired) electrons. The monoisotopic (exact) mass is 255 g/mol. The van der Waals surface area contributed by atoms with Gasteiger partial charge in [-0.15, -0.1) is 0 Å². The summed E-state index contributed by atoms with van der Waals surface area (Å²) in [4.78, 5) is 2.51. The van der Waals surface area contributed by atoms with Crippen LogP contribution in [0.3, 0.4) is 0 Å². The van der Waals surface area contributed by atoms with E-state index in [-0.39, 0.29) is 5.92 Å². The van der Waals surface area contributed by atoms with E-state index in [4.69, 9.17) is 0 Å². The van der Waals surface area contributed by atoms with Crippen molar-refractivity contribution in [1.29, 1.82) is 5.26 Å². The molecule has 4 atom stereocenters. The molecular formula is C16H21N3. The predicted molar refractivity (Wildman–Crippen MR) is 75.7 cm³/mol. The second-order valence-electron chi connectivity index (χ2n) is 5.87. The first kappa shape index (κ1) is 12.7. The van der Waals surface area contributed by atoms with E-state index >= 15 is 0 Å². The van der Waals surface area contributed by atoms with Crippen LogP contribution in [0.4, 0.5) is 0 Å². The lowest BCUT2D eigenvalue weighted by atomic mass is 9.95. The molecule has 2 fully saturated rings. The first-order chi connectivity index (χ1) is 9.29. The normalized spacial score (nSPS) is 31.9. The lowest BCUT2D eigenvalue weighted by Gasteiger charge is -2.26. The highest BCUT2D eigenvalue weighted by atomic mass is 15.2. The molecule has 2 heterocycles. The van der Waals surface area contributed by atoms with Crippen LogP contribution in [0.1, 0.15) is 18.4 Å².